The zero-order chi connectivity index (χ0) is 19.7. The molecule has 0 spiro atoms. The lowest BCUT2D eigenvalue weighted by atomic mass is 9.74. The summed E-state index contributed by atoms with van der Waals surface area (Å²) in [5.74, 6) is 0.760. The molecule has 1 saturated carbocycles. The van der Waals surface area contributed by atoms with Gasteiger partial charge in [-0.05, 0) is 30.6 Å². The average Bonchev–Trinajstić information content (AvgIpc) is 3.07. The average molecular weight is 386 g/mol. The third kappa shape index (κ3) is 3.73. The highest BCUT2D eigenvalue weighted by Gasteiger charge is 2.48. The second kappa shape index (κ2) is 7.06. The lowest BCUT2D eigenvalue weighted by Crippen LogP contribution is -2.44. The van der Waals surface area contributed by atoms with Gasteiger partial charge in [0.25, 0.3) is 5.88 Å². The van der Waals surface area contributed by atoms with Crippen molar-refractivity contribution in [3.05, 3.63) is 42.4 Å². The monoisotopic (exact) mass is 386 g/mol. The Kier molecular flexibility index (Phi) is 4.58. The van der Waals surface area contributed by atoms with E-state index >= 15 is 4.39 Å². The highest BCUT2D eigenvalue weighted by atomic mass is 19.1. The van der Waals surface area contributed by atoms with E-state index in [9.17, 15) is 5.11 Å². The summed E-state index contributed by atoms with van der Waals surface area (Å²) in [7, 11) is 0. The summed E-state index contributed by atoms with van der Waals surface area (Å²) in [6.07, 6.45) is 4.49. The smallest absolute Gasteiger partial charge is 0.252 e. The summed E-state index contributed by atoms with van der Waals surface area (Å²) < 4.78 is 31.3. The molecule has 8 nitrogen and oxygen atoms in total. The predicted octanol–water partition coefficient (Wildman–Crippen LogP) is 3.43. The molecule has 3 aromatic rings. The lowest BCUT2D eigenvalue weighted by Gasteiger charge is -2.41. The van der Waals surface area contributed by atoms with Gasteiger partial charge in [-0.15, -0.1) is 0 Å². The predicted molar refractivity (Wildman–Crippen MR) is 95.6 cm³/mol. The van der Waals surface area contributed by atoms with Gasteiger partial charge in [-0.3, -0.25) is 0 Å². The minimum absolute atomic E-state index is 0.0294. The summed E-state index contributed by atoms with van der Waals surface area (Å²) in [5.41, 5.74) is -0.541. The van der Waals surface area contributed by atoms with E-state index < -0.39 is 5.67 Å². The van der Waals surface area contributed by atoms with Crippen LogP contribution in [0, 0.1) is 0 Å². The number of rotatable bonds is 6. The molecular weight excluding hydrogens is 367 g/mol. The van der Waals surface area contributed by atoms with Gasteiger partial charge in [-0.1, -0.05) is 0 Å². The maximum Gasteiger partial charge on any atom is 0.252 e. The third-order valence-electron chi connectivity index (χ3n) is 4.38. The SMILES string of the molecule is CC(C)Oc1cc([C@]2(F)C[C@@H](Oc3cnc(-c4cc(O)no4)cn3)C2)ccn1. The lowest BCUT2D eigenvalue weighted by molar-refractivity contribution is -0.0489. The van der Waals surface area contributed by atoms with Crippen molar-refractivity contribution in [1.82, 2.24) is 20.1 Å². The first-order valence-corrected chi connectivity index (χ1v) is 8.88. The fraction of sp³-hybridized carbons (Fsp3) is 0.368. The van der Waals surface area contributed by atoms with Gasteiger partial charge in [0.05, 0.1) is 24.6 Å². The quantitative estimate of drug-likeness (QED) is 0.687. The number of hydrogen-bond acceptors (Lipinski definition) is 8. The number of halogens is 1. The largest absolute Gasteiger partial charge is 0.491 e. The zero-order valence-corrected chi connectivity index (χ0v) is 15.4. The van der Waals surface area contributed by atoms with Gasteiger partial charge in [0, 0.05) is 25.1 Å². The molecule has 0 radical (unpaired) electrons. The Labute approximate surface area is 160 Å². The van der Waals surface area contributed by atoms with Gasteiger partial charge in [0.2, 0.25) is 11.8 Å². The number of aromatic hydroxyl groups is 1. The number of alkyl halides is 1. The molecule has 3 aromatic heterocycles. The minimum atomic E-state index is -1.48. The Morgan fingerprint density at radius 1 is 1.18 bits per heavy atom. The van der Waals surface area contributed by atoms with Crippen LogP contribution in [-0.4, -0.2) is 37.4 Å². The van der Waals surface area contributed by atoms with Gasteiger partial charge in [0.15, 0.2) is 5.76 Å². The molecule has 146 valence electrons. The number of hydrogen-bond donors (Lipinski definition) is 1. The molecule has 0 aliphatic heterocycles. The molecule has 1 aliphatic carbocycles. The van der Waals surface area contributed by atoms with E-state index in [0.29, 0.717) is 22.9 Å². The summed E-state index contributed by atoms with van der Waals surface area (Å²) in [6, 6.07) is 4.63. The molecule has 1 N–H and O–H groups in total. The van der Waals surface area contributed by atoms with Crippen LogP contribution in [0.3, 0.4) is 0 Å². The second-order valence-corrected chi connectivity index (χ2v) is 6.95. The van der Waals surface area contributed by atoms with Crippen LogP contribution in [0.25, 0.3) is 11.5 Å². The molecule has 3 heterocycles. The fourth-order valence-electron chi connectivity index (χ4n) is 3.04. The van der Waals surface area contributed by atoms with Crippen molar-refractivity contribution < 1.29 is 23.5 Å². The van der Waals surface area contributed by atoms with Crippen molar-refractivity contribution in [2.75, 3.05) is 0 Å². The van der Waals surface area contributed by atoms with Crippen molar-refractivity contribution >= 4 is 0 Å². The Hall–Kier alpha value is -3.23. The molecule has 9 heteroatoms. The number of pyridine rings is 1. The molecule has 0 atom stereocenters. The van der Waals surface area contributed by atoms with Gasteiger partial charge < -0.3 is 19.1 Å². The van der Waals surface area contributed by atoms with Gasteiger partial charge in [-0.2, -0.15) is 0 Å². The van der Waals surface area contributed by atoms with Crippen LogP contribution in [0.15, 0.2) is 41.3 Å². The Balaban J connectivity index is 1.37. The van der Waals surface area contributed by atoms with Crippen molar-refractivity contribution in [2.24, 2.45) is 0 Å². The first kappa shape index (κ1) is 18.1. The topological polar surface area (TPSA) is 103 Å². The summed E-state index contributed by atoms with van der Waals surface area (Å²) in [4.78, 5) is 12.4. The normalized spacial score (nSPS) is 21.4. The first-order chi connectivity index (χ1) is 13.4. The van der Waals surface area contributed by atoms with Crippen molar-refractivity contribution in [2.45, 2.75) is 44.6 Å². The number of ether oxygens (including phenoxy) is 2. The maximum atomic E-state index is 15.2. The second-order valence-electron chi connectivity index (χ2n) is 6.95. The van der Waals surface area contributed by atoms with E-state index in [-0.39, 0.29) is 36.8 Å². The van der Waals surface area contributed by atoms with Gasteiger partial charge >= 0.3 is 0 Å². The third-order valence-corrected chi connectivity index (χ3v) is 4.38. The molecule has 4 rings (SSSR count). The molecule has 1 aliphatic rings. The van der Waals surface area contributed by atoms with Gasteiger partial charge in [0.1, 0.15) is 17.5 Å². The van der Waals surface area contributed by atoms with E-state index in [1.165, 1.54) is 18.5 Å². The van der Waals surface area contributed by atoms with Crippen LogP contribution in [0.5, 0.6) is 17.6 Å². The molecule has 0 amide bonds. The summed E-state index contributed by atoms with van der Waals surface area (Å²) >= 11 is 0. The zero-order valence-electron chi connectivity index (χ0n) is 15.4. The maximum absolute atomic E-state index is 15.2. The molecule has 28 heavy (non-hydrogen) atoms. The summed E-state index contributed by atoms with van der Waals surface area (Å²) in [6.45, 7) is 3.79. The molecule has 0 saturated heterocycles. The molecule has 0 bridgehead atoms. The fourth-order valence-corrected chi connectivity index (χ4v) is 3.04. The minimum Gasteiger partial charge on any atom is -0.491 e. The molecular formula is C19H19FN4O4. The van der Waals surface area contributed by atoms with Crippen molar-refractivity contribution in [1.29, 1.82) is 0 Å². The number of nitrogens with zero attached hydrogens (tertiary/aromatic N) is 4. The van der Waals surface area contributed by atoms with Crippen LogP contribution in [0.4, 0.5) is 4.39 Å². The van der Waals surface area contributed by atoms with Crippen LogP contribution in [0.1, 0.15) is 32.3 Å². The standard InChI is InChI=1S/C19H19FN4O4/c1-11(2)26-17-5-12(3-4-21-17)19(20)7-13(8-19)27-18-10-22-14(9-23-18)15-6-16(25)24-28-15/h3-6,9-11,13H,7-8H2,1-2H3,(H,24,25)/t13-,19+. The van der Waals surface area contributed by atoms with Gasteiger partial charge in [-0.25, -0.2) is 19.3 Å². The van der Waals surface area contributed by atoms with Crippen LogP contribution in [0.2, 0.25) is 0 Å². The Morgan fingerprint density at radius 3 is 2.64 bits per heavy atom. The molecule has 0 unspecified atom stereocenters. The van der Waals surface area contributed by atoms with Crippen molar-refractivity contribution in [3.8, 4) is 29.1 Å². The summed E-state index contributed by atoms with van der Waals surface area (Å²) in [5, 5.41) is 12.6. The van der Waals surface area contributed by atoms with Crippen molar-refractivity contribution in [3.63, 3.8) is 0 Å². The van der Waals surface area contributed by atoms with Crippen LogP contribution in [-0.2, 0) is 5.67 Å². The van der Waals surface area contributed by atoms with E-state index in [1.807, 2.05) is 13.8 Å². The van der Waals surface area contributed by atoms with Crippen LogP contribution < -0.4 is 9.47 Å². The van der Waals surface area contributed by atoms with E-state index in [1.54, 1.807) is 18.3 Å². The Bertz CT molecular complexity index is 955. The highest BCUT2D eigenvalue weighted by molar-refractivity contribution is 5.51. The molecule has 1 fully saturated rings. The van der Waals surface area contributed by atoms with E-state index in [2.05, 4.69) is 20.1 Å². The highest BCUT2D eigenvalue weighted by Crippen LogP contribution is 2.47. The number of aromatic nitrogens is 4. The van der Waals surface area contributed by atoms with E-state index in [4.69, 9.17) is 14.0 Å². The Morgan fingerprint density at radius 2 is 2.00 bits per heavy atom. The first-order valence-electron chi connectivity index (χ1n) is 8.88. The van der Waals surface area contributed by atoms with E-state index in [0.717, 1.165) is 0 Å². The van der Waals surface area contributed by atoms with Crippen LogP contribution >= 0.6 is 0 Å². The molecule has 0 aromatic carbocycles.